The van der Waals surface area contributed by atoms with Crippen molar-refractivity contribution in [2.75, 3.05) is 7.11 Å². The minimum absolute atomic E-state index is 0.350. The van der Waals surface area contributed by atoms with Crippen molar-refractivity contribution in [2.24, 2.45) is 0 Å². The molecule has 0 unspecified atom stereocenters. The number of rotatable bonds is 4. The molecule has 0 saturated heterocycles. The summed E-state index contributed by atoms with van der Waals surface area (Å²) in [6.07, 6.45) is 0. The van der Waals surface area contributed by atoms with Crippen molar-refractivity contribution in [1.82, 2.24) is 10.2 Å². The molecule has 1 aromatic heterocycles. The van der Waals surface area contributed by atoms with Crippen LogP contribution in [0.15, 0.2) is 77.2 Å². The van der Waals surface area contributed by atoms with Gasteiger partial charge in [-0.05, 0) is 48.4 Å². The van der Waals surface area contributed by atoms with Crippen LogP contribution in [0.3, 0.4) is 0 Å². The van der Waals surface area contributed by atoms with Gasteiger partial charge >= 0.3 is 5.97 Å². The third-order valence-corrected chi connectivity index (χ3v) is 4.44. The van der Waals surface area contributed by atoms with Crippen LogP contribution < -0.4 is 0 Å². The molecule has 5 nitrogen and oxygen atoms in total. The summed E-state index contributed by atoms with van der Waals surface area (Å²) in [6.45, 7) is 2.08. The van der Waals surface area contributed by atoms with E-state index in [9.17, 15) is 4.79 Å². The molecule has 0 amide bonds. The van der Waals surface area contributed by atoms with Crippen LogP contribution >= 0.6 is 0 Å². The average Bonchev–Trinajstić information content (AvgIpc) is 3.24. The van der Waals surface area contributed by atoms with Crippen LogP contribution in [-0.4, -0.2) is 23.3 Å². The maximum Gasteiger partial charge on any atom is 0.337 e. The smallest absolute Gasteiger partial charge is 0.337 e. The molecule has 0 radical (unpaired) electrons. The lowest BCUT2D eigenvalue weighted by Crippen LogP contribution is -2.00. The topological polar surface area (TPSA) is 65.2 Å². The van der Waals surface area contributed by atoms with Crippen LogP contribution in [0.2, 0.25) is 0 Å². The minimum Gasteiger partial charge on any atom is -0.465 e. The molecule has 4 rings (SSSR count). The number of aryl methyl sites for hydroxylation is 1. The number of carbonyl (C=O) groups excluding carboxylic acids is 1. The number of nitrogens with zero attached hydrogens (tertiary/aromatic N) is 2. The standard InChI is InChI=1S/C23H18N2O3/c1-15-5-3-6-18(13-15)16-9-11-17(12-10-16)21-24-25-22(28-21)19-7-4-8-20(14-19)23(26)27-2/h3-14H,1-2H3. The third-order valence-electron chi connectivity index (χ3n) is 4.44. The maximum absolute atomic E-state index is 11.7. The molecule has 0 atom stereocenters. The zero-order chi connectivity index (χ0) is 19.5. The van der Waals surface area contributed by atoms with Crippen molar-refractivity contribution in [3.8, 4) is 34.0 Å². The number of benzene rings is 3. The highest BCUT2D eigenvalue weighted by molar-refractivity contribution is 5.90. The van der Waals surface area contributed by atoms with Gasteiger partial charge in [0.1, 0.15) is 0 Å². The quantitative estimate of drug-likeness (QED) is 0.464. The summed E-state index contributed by atoms with van der Waals surface area (Å²) >= 11 is 0. The molecule has 1 heterocycles. The molecule has 0 aliphatic heterocycles. The van der Waals surface area contributed by atoms with E-state index in [1.807, 2.05) is 36.4 Å². The number of aromatic nitrogens is 2. The molecular weight excluding hydrogens is 352 g/mol. The fourth-order valence-corrected chi connectivity index (χ4v) is 2.98. The van der Waals surface area contributed by atoms with Gasteiger partial charge in [0.05, 0.1) is 12.7 Å². The monoisotopic (exact) mass is 370 g/mol. The summed E-state index contributed by atoms with van der Waals surface area (Å²) < 4.78 is 10.6. The molecule has 28 heavy (non-hydrogen) atoms. The zero-order valence-corrected chi connectivity index (χ0v) is 15.5. The van der Waals surface area contributed by atoms with Crippen molar-refractivity contribution in [3.63, 3.8) is 0 Å². The second kappa shape index (κ2) is 7.48. The number of ether oxygens (including phenoxy) is 1. The Balaban J connectivity index is 1.60. The lowest BCUT2D eigenvalue weighted by molar-refractivity contribution is 0.0601. The van der Waals surface area contributed by atoms with Crippen LogP contribution in [-0.2, 0) is 4.74 Å². The highest BCUT2D eigenvalue weighted by Crippen LogP contribution is 2.27. The van der Waals surface area contributed by atoms with E-state index in [4.69, 9.17) is 9.15 Å². The van der Waals surface area contributed by atoms with Gasteiger partial charge in [-0.3, -0.25) is 0 Å². The molecule has 0 aliphatic carbocycles. The Morgan fingerprint density at radius 1 is 0.786 bits per heavy atom. The second-order valence-corrected chi connectivity index (χ2v) is 6.43. The van der Waals surface area contributed by atoms with Crippen molar-refractivity contribution >= 4 is 5.97 Å². The summed E-state index contributed by atoms with van der Waals surface area (Å²) in [6, 6.07) is 23.2. The van der Waals surface area contributed by atoms with Gasteiger partial charge < -0.3 is 9.15 Å². The lowest BCUT2D eigenvalue weighted by atomic mass is 10.0. The van der Waals surface area contributed by atoms with E-state index in [0.717, 1.165) is 16.7 Å². The fourth-order valence-electron chi connectivity index (χ4n) is 2.98. The zero-order valence-electron chi connectivity index (χ0n) is 15.5. The van der Waals surface area contributed by atoms with Gasteiger partial charge in [0.25, 0.3) is 0 Å². The largest absolute Gasteiger partial charge is 0.465 e. The Kier molecular flexibility index (Phi) is 4.72. The van der Waals surface area contributed by atoms with E-state index < -0.39 is 5.97 Å². The van der Waals surface area contributed by atoms with E-state index in [1.165, 1.54) is 12.7 Å². The van der Waals surface area contributed by atoms with Crippen molar-refractivity contribution in [1.29, 1.82) is 0 Å². The van der Waals surface area contributed by atoms with Gasteiger partial charge in [-0.25, -0.2) is 4.79 Å². The molecule has 0 saturated carbocycles. The molecular formula is C23H18N2O3. The predicted octanol–water partition coefficient (Wildman–Crippen LogP) is 5.17. The van der Waals surface area contributed by atoms with E-state index in [0.29, 0.717) is 22.9 Å². The molecule has 0 N–H and O–H groups in total. The van der Waals surface area contributed by atoms with Crippen LogP contribution in [0.1, 0.15) is 15.9 Å². The lowest BCUT2D eigenvalue weighted by Gasteiger charge is -2.03. The molecule has 0 bridgehead atoms. The third kappa shape index (κ3) is 3.55. The van der Waals surface area contributed by atoms with Crippen molar-refractivity contribution < 1.29 is 13.9 Å². The van der Waals surface area contributed by atoms with Gasteiger partial charge in [-0.2, -0.15) is 0 Å². The Morgan fingerprint density at radius 3 is 2.14 bits per heavy atom. The summed E-state index contributed by atoms with van der Waals surface area (Å²) in [7, 11) is 1.35. The SMILES string of the molecule is COC(=O)c1cccc(-c2nnc(-c3ccc(-c4cccc(C)c4)cc3)o2)c1. The molecule has 0 spiro atoms. The molecule has 0 aliphatic rings. The first-order valence-electron chi connectivity index (χ1n) is 8.84. The number of carbonyl (C=O) groups is 1. The number of hydrogen-bond acceptors (Lipinski definition) is 5. The Hall–Kier alpha value is -3.73. The van der Waals surface area contributed by atoms with Crippen LogP contribution in [0, 0.1) is 6.92 Å². The van der Waals surface area contributed by atoms with Crippen LogP contribution in [0.4, 0.5) is 0 Å². The normalized spacial score (nSPS) is 10.6. The predicted molar refractivity (Wildman–Crippen MR) is 107 cm³/mol. The number of esters is 1. The van der Waals surface area contributed by atoms with Gasteiger partial charge in [-0.1, -0.05) is 48.0 Å². The first kappa shape index (κ1) is 17.7. The van der Waals surface area contributed by atoms with E-state index in [-0.39, 0.29) is 0 Å². The summed E-state index contributed by atoms with van der Waals surface area (Å²) in [4.78, 5) is 11.7. The highest BCUT2D eigenvalue weighted by atomic mass is 16.5. The Morgan fingerprint density at radius 2 is 1.43 bits per heavy atom. The number of hydrogen-bond donors (Lipinski definition) is 0. The average molecular weight is 370 g/mol. The highest BCUT2D eigenvalue weighted by Gasteiger charge is 2.13. The first-order chi connectivity index (χ1) is 13.6. The second-order valence-electron chi connectivity index (χ2n) is 6.43. The van der Waals surface area contributed by atoms with Crippen LogP contribution in [0.25, 0.3) is 34.0 Å². The molecule has 0 fully saturated rings. The van der Waals surface area contributed by atoms with Crippen molar-refractivity contribution in [2.45, 2.75) is 6.92 Å². The van der Waals surface area contributed by atoms with E-state index >= 15 is 0 Å². The summed E-state index contributed by atoms with van der Waals surface area (Å²) in [5.74, 6) is 0.367. The minimum atomic E-state index is -0.409. The Bertz CT molecular complexity index is 1130. The summed E-state index contributed by atoms with van der Waals surface area (Å²) in [5, 5.41) is 8.25. The molecule has 5 heteroatoms. The molecule has 4 aromatic rings. The summed E-state index contributed by atoms with van der Waals surface area (Å²) in [5.41, 5.74) is 5.44. The Labute approximate surface area is 162 Å². The van der Waals surface area contributed by atoms with Gasteiger partial charge in [-0.15, -0.1) is 10.2 Å². The fraction of sp³-hybridized carbons (Fsp3) is 0.0870. The molecule has 138 valence electrons. The van der Waals surface area contributed by atoms with Crippen molar-refractivity contribution in [3.05, 3.63) is 83.9 Å². The first-order valence-corrected chi connectivity index (χ1v) is 8.84. The van der Waals surface area contributed by atoms with Crippen LogP contribution in [0.5, 0.6) is 0 Å². The van der Waals surface area contributed by atoms with E-state index in [1.54, 1.807) is 18.2 Å². The van der Waals surface area contributed by atoms with E-state index in [2.05, 4.69) is 35.3 Å². The van der Waals surface area contributed by atoms with Gasteiger partial charge in [0.2, 0.25) is 11.8 Å². The number of methoxy groups -OCH3 is 1. The molecule has 3 aromatic carbocycles. The maximum atomic E-state index is 11.7. The van der Waals surface area contributed by atoms with Gasteiger partial charge in [0, 0.05) is 11.1 Å². The van der Waals surface area contributed by atoms with Gasteiger partial charge in [0.15, 0.2) is 0 Å².